The van der Waals surface area contributed by atoms with E-state index in [0.29, 0.717) is 0 Å². The van der Waals surface area contributed by atoms with Crippen molar-refractivity contribution in [2.24, 2.45) is 4.99 Å². The molecule has 0 atom stereocenters. The lowest BCUT2D eigenvalue weighted by molar-refractivity contribution is 1.21. The van der Waals surface area contributed by atoms with Crippen LogP contribution in [0.15, 0.2) is 17.3 Å². The van der Waals surface area contributed by atoms with Crippen molar-refractivity contribution in [3.8, 4) is 0 Å². The molecule has 0 heterocycles. The molecule has 7 heavy (non-hydrogen) atoms. The van der Waals surface area contributed by atoms with Gasteiger partial charge in [-0.2, -0.15) is 0 Å². The Labute approximate surface area is 44.0 Å². The first-order valence-electron chi connectivity index (χ1n) is 2.22. The fourth-order valence-corrected chi connectivity index (χ4v) is 0.204. The molecule has 0 aromatic heterocycles. The van der Waals surface area contributed by atoms with E-state index in [1.165, 1.54) is 0 Å². The first kappa shape index (κ1) is 6.21. The highest BCUT2D eigenvalue weighted by Gasteiger charge is 1.54. The summed E-state index contributed by atoms with van der Waals surface area (Å²) in [6, 6.07) is 0. The Morgan fingerprint density at radius 2 is 2.29 bits per heavy atom. The van der Waals surface area contributed by atoms with Crippen LogP contribution in [0, 0.1) is 0 Å². The first-order chi connectivity index (χ1) is 3.41. The first-order valence-corrected chi connectivity index (χ1v) is 2.22. The number of hydrogen-bond donors (Lipinski definition) is 1. The third-order valence-electron chi connectivity index (χ3n) is 0.439. The molecule has 2 nitrogen and oxygen atoms in total. The lowest BCUT2D eigenvalue weighted by Gasteiger charge is -1.77. The van der Waals surface area contributed by atoms with Crippen LogP contribution in [0.3, 0.4) is 0 Å². The predicted octanol–water partition coefficient (Wildman–Crippen LogP) is 0.768. The minimum atomic E-state index is 1.62. The second-order valence-electron chi connectivity index (χ2n) is 1.05. The van der Waals surface area contributed by atoms with Crippen molar-refractivity contribution < 1.29 is 0 Å². The van der Waals surface area contributed by atoms with Crippen molar-refractivity contribution in [2.75, 3.05) is 7.05 Å². The van der Waals surface area contributed by atoms with E-state index in [1.807, 2.05) is 20.0 Å². The minimum absolute atomic E-state index is 1.62. The van der Waals surface area contributed by atoms with Crippen LogP contribution in [-0.4, -0.2) is 13.4 Å². The molecule has 0 radical (unpaired) electrons. The van der Waals surface area contributed by atoms with E-state index >= 15 is 0 Å². The van der Waals surface area contributed by atoms with Gasteiger partial charge in [0.1, 0.15) is 0 Å². The largest absolute Gasteiger partial charge is 0.379 e. The zero-order chi connectivity index (χ0) is 5.54. The summed E-state index contributed by atoms with van der Waals surface area (Å²) in [7, 11) is 1.81. The molecule has 0 saturated heterocycles. The number of hydrogen-bond acceptors (Lipinski definition) is 1. The molecular formula is C5H10N2. The standard InChI is InChI=1S/C5H10N2/c1-3-4-7-5-6-2/h3-5H,1-2H3,(H,6,7)/b4-3+. The van der Waals surface area contributed by atoms with Gasteiger partial charge in [-0.3, -0.25) is 0 Å². The van der Waals surface area contributed by atoms with Crippen LogP contribution in [0.1, 0.15) is 6.92 Å². The monoisotopic (exact) mass is 98.1 g/mol. The van der Waals surface area contributed by atoms with Gasteiger partial charge in [0.25, 0.3) is 0 Å². The third kappa shape index (κ3) is 5.21. The zero-order valence-electron chi connectivity index (χ0n) is 4.68. The van der Waals surface area contributed by atoms with Gasteiger partial charge in [0.05, 0.1) is 6.34 Å². The Bertz CT molecular complexity index is 74.1. The van der Waals surface area contributed by atoms with Crippen LogP contribution in [0.4, 0.5) is 0 Å². The van der Waals surface area contributed by atoms with Crippen LogP contribution in [0.25, 0.3) is 0 Å². The predicted molar refractivity (Wildman–Crippen MR) is 32.4 cm³/mol. The molecule has 0 fully saturated rings. The summed E-state index contributed by atoms with van der Waals surface area (Å²) in [5, 5.41) is 2.76. The lowest BCUT2D eigenvalue weighted by Crippen LogP contribution is -1.98. The molecule has 0 aromatic carbocycles. The van der Waals surface area contributed by atoms with Gasteiger partial charge in [-0.05, 0) is 6.92 Å². The Kier molecular flexibility index (Phi) is 4.62. The quantitative estimate of drug-likeness (QED) is 0.400. The number of aliphatic imine (C=N–C) groups is 1. The maximum absolute atomic E-state index is 3.79. The third-order valence-corrected chi connectivity index (χ3v) is 0.439. The number of allylic oxidation sites excluding steroid dienone is 1. The molecular weight excluding hydrogens is 88.1 g/mol. The average Bonchev–Trinajstić information content (AvgIpc) is 1.69. The Balaban J connectivity index is 3.09. The maximum atomic E-state index is 3.79. The summed E-state index contributed by atoms with van der Waals surface area (Å²) in [5.41, 5.74) is 0. The summed E-state index contributed by atoms with van der Waals surface area (Å²) >= 11 is 0. The van der Waals surface area contributed by atoms with Gasteiger partial charge in [0.2, 0.25) is 0 Å². The van der Waals surface area contributed by atoms with Crippen LogP contribution < -0.4 is 5.32 Å². The van der Waals surface area contributed by atoms with Gasteiger partial charge in [0, 0.05) is 13.2 Å². The number of nitrogens with zero attached hydrogens (tertiary/aromatic N) is 1. The lowest BCUT2D eigenvalue weighted by atomic mass is 10.7. The van der Waals surface area contributed by atoms with Crippen molar-refractivity contribution in [3.63, 3.8) is 0 Å². The topological polar surface area (TPSA) is 24.4 Å². The van der Waals surface area contributed by atoms with E-state index in [9.17, 15) is 0 Å². The molecule has 0 aliphatic rings. The van der Waals surface area contributed by atoms with E-state index in [1.54, 1.807) is 12.5 Å². The van der Waals surface area contributed by atoms with E-state index in [0.717, 1.165) is 0 Å². The highest BCUT2D eigenvalue weighted by Crippen LogP contribution is 1.66. The summed E-state index contributed by atoms with van der Waals surface area (Å²) in [6.45, 7) is 1.92. The molecule has 0 unspecified atom stereocenters. The fraction of sp³-hybridized carbons (Fsp3) is 0.400. The van der Waals surface area contributed by atoms with Crippen molar-refractivity contribution in [1.29, 1.82) is 0 Å². The molecule has 0 saturated carbocycles. The van der Waals surface area contributed by atoms with E-state index in [-0.39, 0.29) is 0 Å². The molecule has 0 spiro atoms. The van der Waals surface area contributed by atoms with Gasteiger partial charge in [-0.1, -0.05) is 6.08 Å². The molecule has 0 amide bonds. The van der Waals surface area contributed by atoms with Crippen LogP contribution in [0.5, 0.6) is 0 Å². The van der Waals surface area contributed by atoms with E-state index in [4.69, 9.17) is 0 Å². The van der Waals surface area contributed by atoms with Crippen LogP contribution >= 0.6 is 0 Å². The van der Waals surface area contributed by atoms with Crippen LogP contribution in [-0.2, 0) is 0 Å². The normalized spacial score (nSPS) is 11.1. The van der Waals surface area contributed by atoms with Crippen molar-refractivity contribution >= 4 is 6.34 Å². The molecule has 0 aliphatic carbocycles. The molecule has 0 bridgehead atoms. The molecule has 0 aromatic rings. The second-order valence-corrected chi connectivity index (χ2v) is 1.05. The van der Waals surface area contributed by atoms with Crippen molar-refractivity contribution in [3.05, 3.63) is 12.3 Å². The molecule has 1 N–H and O–H groups in total. The average molecular weight is 98.1 g/mol. The maximum Gasteiger partial charge on any atom is 0.0876 e. The summed E-state index contributed by atoms with van der Waals surface area (Å²) in [6.07, 6.45) is 5.21. The number of rotatable bonds is 2. The Morgan fingerprint density at radius 3 is 2.71 bits per heavy atom. The highest BCUT2D eigenvalue weighted by atomic mass is 14.9. The van der Waals surface area contributed by atoms with Crippen molar-refractivity contribution in [2.45, 2.75) is 6.92 Å². The second kappa shape index (κ2) is 5.21. The SMILES string of the molecule is C/C=C/N=C\NC. The van der Waals surface area contributed by atoms with Gasteiger partial charge in [0.15, 0.2) is 0 Å². The number of nitrogens with one attached hydrogen (secondary N) is 1. The van der Waals surface area contributed by atoms with Crippen molar-refractivity contribution in [1.82, 2.24) is 5.32 Å². The molecule has 0 aliphatic heterocycles. The van der Waals surface area contributed by atoms with E-state index in [2.05, 4.69) is 10.3 Å². The smallest absolute Gasteiger partial charge is 0.0876 e. The molecule has 0 rings (SSSR count). The summed E-state index contributed by atoms with van der Waals surface area (Å²) in [5.74, 6) is 0. The minimum Gasteiger partial charge on any atom is -0.379 e. The fourth-order valence-electron chi connectivity index (χ4n) is 0.204. The highest BCUT2D eigenvalue weighted by molar-refractivity contribution is 5.54. The molecule has 2 heteroatoms. The molecule has 40 valence electrons. The van der Waals surface area contributed by atoms with Gasteiger partial charge in [-0.25, -0.2) is 4.99 Å². The zero-order valence-corrected chi connectivity index (χ0v) is 4.68. The van der Waals surface area contributed by atoms with Gasteiger partial charge < -0.3 is 5.32 Å². The Hall–Kier alpha value is -0.790. The summed E-state index contributed by atoms with van der Waals surface area (Å²) in [4.78, 5) is 3.79. The van der Waals surface area contributed by atoms with Gasteiger partial charge in [-0.15, -0.1) is 0 Å². The van der Waals surface area contributed by atoms with Crippen LogP contribution in [0.2, 0.25) is 0 Å². The Morgan fingerprint density at radius 1 is 1.57 bits per heavy atom. The van der Waals surface area contributed by atoms with E-state index < -0.39 is 0 Å². The van der Waals surface area contributed by atoms with Gasteiger partial charge >= 0.3 is 0 Å². The summed E-state index contributed by atoms with van der Waals surface area (Å²) < 4.78 is 0.